The molecule has 1 atom stereocenters. The highest BCUT2D eigenvalue weighted by Gasteiger charge is 2.23. The number of rotatable bonds is 6. The maximum atomic E-state index is 13.1. The van der Waals surface area contributed by atoms with E-state index >= 15 is 0 Å². The van der Waals surface area contributed by atoms with E-state index in [9.17, 15) is 9.59 Å². The Hall–Kier alpha value is -2.54. The molecule has 0 saturated heterocycles. The summed E-state index contributed by atoms with van der Waals surface area (Å²) in [6.07, 6.45) is 6.00. The molecule has 1 saturated carbocycles. The number of benzene rings is 1. The molecule has 1 aromatic carbocycles. The van der Waals surface area contributed by atoms with Crippen LogP contribution in [0.3, 0.4) is 0 Å². The second-order valence-electron chi connectivity index (χ2n) is 7.13. The van der Waals surface area contributed by atoms with Crippen LogP contribution in [0.25, 0.3) is 10.9 Å². The number of aromatic nitrogens is 2. The van der Waals surface area contributed by atoms with Crippen LogP contribution in [-0.4, -0.2) is 26.8 Å². The molecule has 7 heteroatoms. The van der Waals surface area contributed by atoms with Crippen molar-refractivity contribution in [3.8, 4) is 0 Å². The van der Waals surface area contributed by atoms with Gasteiger partial charge in [-0.2, -0.15) is 0 Å². The largest absolute Gasteiger partial charge is 0.467 e. The summed E-state index contributed by atoms with van der Waals surface area (Å²) in [7, 11) is 0. The fourth-order valence-electron chi connectivity index (χ4n) is 3.54. The molecular formula is C21H23N3O3S. The standard InChI is InChI=1S/C21H23N3O3S/c1-14(19(25)22-15-7-2-3-8-15)28-21-23-18-11-5-4-10-17(18)20(26)24(21)13-16-9-6-12-27-16/h4-6,9-12,14-15H,2-3,7-8,13H2,1H3,(H,22,25). The predicted molar refractivity (Wildman–Crippen MR) is 110 cm³/mol. The van der Waals surface area contributed by atoms with Gasteiger partial charge in [-0.3, -0.25) is 14.2 Å². The Bertz CT molecular complexity index is 1020. The molecule has 1 fully saturated rings. The molecule has 146 valence electrons. The third-order valence-corrected chi connectivity index (χ3v) is 6.16. The Labute approximate surface area is 167 Å². The van der Waals surface area contributed by atoms with E-state index < -0.39 is 0 Å². The zero-order valence-corrected chi connectivity index (χ0v) is 16.6. The lowest BCUT2D eigenvalue weighted by atomic mass is 10.2. The van der Waals surface area contributed by atoms with Crippen LogP contribution >= 0.6 is 11.8 Å². The molecule has 0 radical (unpaired) electrons. The van der Waals surface area contributed by atoms with Crippen LogP contribution in [-0.2, 0) is 11.3 Å². The van der Waals surface area contributed by atoms with Gasteiger partial charge in [0.25, 0.3) is 5.56 Å². The topological polar surface area (TPSA) is 77.1 Å². The molecule has 4 rings (SSSR count). The highest BCUT2D eigenvalue weighted by Crippen LogP contribution is 2.25. The van der Waals surface area contributed by atoms with Crippen molar-refractivity contribution in [1.82, 2.24) is 14.9 Å². The first-order valence-electron chi connectivity index (χ1n) is 9.61. The molecule has 1 amide bonds. The Balaban J connectivity index is 1.64. The summed E-state index contributed by atoms with van der Waals surface area (Å²) in [5.41, 5.74) is 0.502. The first-order chi connectivity index (χ1) is 13.6. The summed E-state index contributed by atoms with van der Waals surface area (Å²) in [5.74, 6) is 0.660. The average molecular weight is 398 g/mol. The van der Waals surface area contributed by atoms with Gasteiger partial charge in [0.2, 0.25) is 5.91 Å². The third-order valence-electron chi connectivity index (χ3n) is 5.07. The zero-order valence-electron chi connectivity index (χ0n) is 15.8. The van der Waals surface area contributed by atoms with Crippen LogP contribution in [0.4, 0.5) is 0 Å². The SMILES string of the molecule is CC(Sc1nc2ccccc2c(=O)n1Cc1ccco1)C(=O)NC1CCCC1. The number of carbonyl (C=O) groups is 1. The summed E-state index contributed by atoms with van der Waals surface area (Å²) < 4.78 is 7.01. The molecule has 1 aliphatic carbocycles. The first kappa shape index (κ1) is 18.8. The molecular weight excluding hydrogens is 374 g/mol. The van der Waals surface area contributed by atoms with Gasteiger partial charge >= 0.3 is 0 Å². The summed E-state index contributed by atoms with van der Waals surface area (Å²) in [6, 6.07) is 11.2. The van der Waals surface area contributed by atoms with Gasteiger partial charge in [0.05, 0.1) is 29.0 Å². The van der Waals surface area contributed by atoms with Crippen LogP contribution < -0.4 is 10.9 Å². The van der Waals surface area contributed by atoms with Gasteiger partial charge < -0.3 is 9.73 Å². The number of nitrogens with one attached hydrogen (secondary N) is 1. The van der Waals surface area contributed by atoms with Crippen molar-refractivity contribution < 1.29 is 9.21 Å². The Kier molecular flexibility index (Phi) is 5.52. The Morgan fingerprint density at radius 1 is 1.29 bits per heavy atom. The van der Waals surface area contributed by atoms with E-state index in [4.69, 9.17) is 4.42 Å². The summed E-state index contributed by atoms with van der Waals surface area (Å²) in [4.78, 5) is 30.4. The Morgan fingerprint density at radius 2 is 2.07 bits per heavy atom. The van der Waals surface area contributed by atoms with Crippen molar-refractivity contribution >= 4 is 28.6 Å². The van der Waals surface area contributed by atoms with E-state index in [2.05, 4.69) is 10.3 Å². The van der Waals surface area contributed by atoms with Crippen molar-refractivity contribution in [3.63, 3.8) is 0 Å². The Morgan fingerprint density at radius 3 is 2.82 bits per heavy atom. The number of fused-ring (bicyclic) bond motifs is 1. The maximum Gasteiger partial charge on any atom is 0.262 e. The van der Waals surface area contributed by atoms with Gasteiger partial charge in [-0.15, -0.1) is 0 Å². The second-order valence-corrected chi connectivity index (χ2v) is 8.44. The van der Waals surface area contributed by atoms with E-state index in [-0.39, 0.29) is 29.3 Å². The second kappa shape index (κ2) is 8.22. The van der Waals surface area contributed by atoms with Crippen molar-refractivity contribution in [3.05, 3.63) is 58.8 Å². The molecule has 0 spiro atoms. The fraction of sp³-hybridized carbons (Fsp3) is 0.381. The average Bonchev–Trinajstić information content (AvgIpc) is 3.39. The molecule has 2 heterocycles. The lowest BCUT2D eigenvalue weighted by Gasteiger charge is -2.18. The number of hydrogen-bond donors (Lipinski definition) is 1. The van der Waals surface area contributed by atoms with Gasteiger partial charge in [-0.05, 0) is 44.0 Å². The summed E-state index contributed by atoms with van der Waals surface area (Å²) in [5, 5.41) is 3.85. The van der Waals surface area contributed by atoms with Gasteiger partial charge in [0.1, 0.15) is 5.76 Å². The van der Waals surface area contributed by atoms with Crippen LogP contribution in [0.5, 0.6) is 0 Å². The van der Waals surface area contributed by atoms with Crippen molar-refractivity contribution in [2.24, 2.45) is 0 Å². The van der Waals surface area contributed by atoms with Crippen LogP contribution in [0.1, 0.15) is 38.4 Å². The molecule has 1 aliphatic rings. The van der Waals surface area contributed by atoms with Crippen molar-refractivity contribution in [1.29, 1.82) is 0 Å². The number of para-hydroxylation sites is 1. The molecule has 1 N–H and O–H groups in total. The first-order valence-corrected chi connectivity index (χ1v) is 10.5. The molecule has 2 aromatic heterocycles. The number of carbonyl (C=O) groups excluding carboxylic acids is 1. The number of hydrogen-bond acceptors (Lipinski definition) is 5. The molecule has 6 nitrogen and oxygen atoms in total. The van der Waals surface area contributed by atoms with E-state index in [0.29, 0.717) is 21.8 Å². The maximum absolute atomic E-state index is 13.1. The van der Waals surface area contributed by atoms with E-state index in [1.807, 2.05) is 31.2 Å². The predicted octanol–water partition coefficient (Wildman–Crippen LogP) is 3.58. The molecule has 1 unspecified atom stereocenters. The van der Waals surface area contributed by atoms with Crippen molar-refractivity contribution in [2.45, 2.75) is 55.6 Å². The van der Waals surface area contributed by atoms with E-state index in [1.165, 1.54) is 24.6 Å². The zero-order chi connectivity index (χ0) is 19.5. The minimum Gasteiger partial charge on any atom is -0.467 e. The van der Waals surface area contributed by atoms with Crippen LogP contribution in [0, 0.1) is 0 Å². The fourth-order valence-corrected chi connectivity index (χ4v) is 4.45. The van der Waals surface area contributed by atoms with Gasteiger partial charge in [0, 0.05) is 6.04 Å². The number of amides is 1. The monoisotopic (exact) mass is 397 g/mol. The lowest BCUT2D eigenvalue weighted by molar-refractivity contribution is -0.120. The highest BCUT2D eigenvalue weighted by atomic mass is 32.2. The normalized spacial score (nSPS) is 15.8. The molecule has 3 aromatic rings. The highest BCUT2D eigenvalue weighted by molar-refractivity contribution is 8.00. The lowest BCUT2D eigenvalue weighted by Crippen LogP contribution is -2.38. The summed E-state index contributed by atoms with van der Waals surface area (Å²) in [6.45, 7) is 2.14. The van der Waals surface area contributed by atoms with Gasteiger partial charge in [-0.1, -0.05) is 36.7 Å². The quantitative estimate of drug-likeness (QED) is 0.508. The van der Waals surface area contributed by atoms with Crippen molar-refractivity contribution in [2.75, 3.05) is 0 Å². The minimum atomic E-state index is -0.350. The third kappa shape index (κ3) is 3.99. The molecule has 0 bridgehead atoms. The van der Waals surface area contributed by atoms with Crippen LogP contribution in [0.2, 0.25) is 0 Å². The molecule has 28 heavy (non-hydrogen) atoms. The number of thioether (sulfide) groups is 1. The van der Waals surface area contributed by atoms with Crippen LogP contribution in [0.15, 0.2) is 57.0 Å². The number of furan rings is 1. The number of nitrogens with zero attached hydrogens (tertiary/aromatic N) is 2. The van der Waals surface area contributed by atoms with Gasteiger partial charge in [0.15, 0.2) is 5.16 Å². The molecule has 0 aliphatic heterocycles. The van der Waals surface area contributed by atoms with E-state index in [0.717, 1.165) is 12.8 Å². The van der Waals surface area contributed by atoms with Gasteiger partial charge in [-0.25, -0.2) is 4.98 Å². The summed E-state index contributed by atoms with van der Waals surface area (Å²) >= 11 is 1.31. The smallest absolute Gasteiger partial charge is 0.262 e. The van der Waals surface area contributed by atoms with E-state index in [1.54, 1.807) is 23.0 Å². The minimum absolute atomic E-state index is 0.0103.